The molecule has 0 amide bonds. The number of rotatable bonds is 9. The molecule has 0 saturated heterocycles. The Bertz CT molecular complexity index is 1100. The van der Waals surface area contributed by atoms with Gasteiger partial charge in [-0.2, -0.15) is 0 Å². The van der Waals surface area contributed by atoms with Crippen molar-refractivity contribution in [1.82, 2.24) is 0 Å². The zero-order valence-electron chi connectivity index (χ0n) is 22.0. The first-order chi connectivity index (χ1) is 17.8. The molecular formula is C30H35BN2O3Ti. The molecule has 2 N–H and O–H groups in total. The van der Waals surface area contributed by atoms with Crippen LogP contribution in [-0.4, -0.2) is 41.1 Å². The number of benzene rings is 3. The van der Waals surface area contributed by atoms with Crippen LogP contribution in [0.4, 0.5) is 0 Å². The van der Waals surface area contributed by atoms with Gasteiger partial charge in [-0.05, 0) is 39.8 Å². The zero-order chi connectivity index (χ0) is 27.1. The van der Waals surface area contributed by atoms with Crippen LogP contribution in [0, 0.1) is 0 Å². The van der Waals surface area contributed by atoms with Crippen molar-refractivity contribution in [3.05, 3.63) is 115 Å². The molecule has 3 aromatic carbocycles. The fourth-order valence-corrected chi connectivity index (χ4v) is 4.74. The summed E-state index contributed by atoms with van der Waals surface area (Å²) in [6, 6.07) is 31.4. The molecule has 0 aromatic heterocycles. The van der Waals surface area contributed by atoms with Crippen molar-refractivity contribution in [2.24, 2.45) is 9.98 Å². The van der Waals surface area contributed by atoms with E-state index in [2.05, 4.69) is 82.8 Å². The molecule has 37 heavy (non-hydrogen) atoms. The van der Waals surface area contributed by atoms with Crippen molar-refractivity contribution < 1.29 is 33.5 Å². The summed E-state index contributed by atoms with van der Waals surface area (Å²) in [4.78, 5) is 8.41. The van der Waals surface area contributed by atoms with Crippen LogP contribution in [0.15, 0.2) is 125 Å². The van der Waals surface area contributed by atoms with E-state index in [1.807, 2.05) is 32.0 Å². The molecule has 0 aliphatic heterocycles. The minimum atomic E-state index is -1.40. The van der Waals surface area contributed by atoms with Gasteiger partial charge in [-0.1, -0.05) is 0 Å². The van der Waals surface area contributed by atoms with Crippen LogP contribution < -0.4 is 16.4 Å². The third kappa shape index (κ3) is 9.56. The van der Waals surface area contributed by atoms with E-state index in [9.17, 15) is 0 Å². The van der Waals surface area contributed by atoms with Gasteiger partial charge >= 0.3 is 137 Å². The summed E-state index contributed by atoms with van der Waals surface area (Å²) in [6.45, 7) is 8.02. The second kappa shape index (κ2) is 15.7. The normalized spacial score (nSPS) is 12.9. The average molecular weight is 530 g/mol. The van der Waals surface area contributed by atoms with Gasteiger partial charge in [0.2, 0.25) is 0 Å². The number of aliphatic imine (C=N–C) groups is 2. The summed E-state index contributed by atoms with van der Waals surface area (Å²) in [6.07, 6.45) is 1.81. The summed E-state index contributed by atoms with van der Waals surface area (Å²) in [7, 11) is 0. The summed E-state index contributed by atoms with van der Waals surface area (Å²) >= 11 is 1.80. The molecule has 7 heteroatoms. The predicted molar refractivity (Wildman–Crippen MR) is 153 cm³/mol. The van der Waals surface area contributed by atoms with Gasteiger partial charge in [0.15, 0.2) is 0 Å². The predicted octanol–water partition coefficient (Wildman–Crippen LogP) is 4.91. The van der Waals surface area contributed by atoms with Gasteiger partial charge in [0.25, 0.3) is 0 Å². The molecule has 0 saturated carbocycles. The molecule has 3 rings (SSSR count). The number of aliphatic hydroxyl groups is 2. The summed E-state index contributed by atoms with van der Waals surface area (Å²) in [5, 5.41) is 18.0. The second-order valence-electron chi connectivity index (χ2n) is 8.75. The zero-order valence-corrected chi connectivity index (χ0v) is 23.6. The van der Waals surface area contributed by atoms with E-state index >= 15 is 0 Å². The Morgan fingerprint density at radius 2 is 0.946 bits per heavy atom. The first-order valence-electron chi connectivity index (χ1n) is 12.2. The van der Waals surface area contributed by atoms with E-state index < -0.39 is 6.35 Å². The Morgan fingerprint density at radius 1 is 0.649 bits per heavy atom. The minimum absolute atomic E-state index is 0.250. The van der Waals surface area contributed by atoms with Crippen molar-refractivity contribution >= 4 is 34.2 Å². The Hall–Kier alpha value is -3.34. The molecular weight excluding hydrogens is 495 g/mol. The quantitative estimate of drug-likeness (QED) is 0.136. The van der Waals surface area contributed by atoms with Crippen LogP contribution in [0.5, 0.6) is 0 Å². The molecule has 0 bridgehead atoms. The van der Waals surface area contributed by atoms with E-state index in [0.29, 0.717) is 13.1 Å². The maximum absolute atomic E-state index is 8.98. The van der Waals surface area contributed by atoms with Crippen LogP contribution in [0.1, 0.15) is 27.7 Å². The van der Waals surface area contributed by atoms with Crippen LogP contribution >= 0.6 is 0 Å². The molecule has 0 heterocycles. The number of hydrogen-bond donors (Lipinski definition) is 2. The molecule has 0 aliphatic carbocycles. The molecule has 190 valence electrons. The maximum atomic E-state index is 8.98. The van der Waals surface area contributed by atoms with Gasteiger partial charge in [-0.3, -0.25) is 9.98 Å². The van der Waals surface area contributed by atoms with Gasteiger partial charge in [-0.15, -0.1) is 0 Å². The Balaban J connectivity index is 0.000000273. The van der Waals surface area contributed by atoms with Crippen LogP contribution in [0.3, 0.4) is 0 Å². The molecule has 0 aliphatic rings. The van der Waals surface area contributed by atoms with E-state index in [4.69, 9.17) is 13.1 Å². The molecule has 0 spiro atoms. The van der Waals surface area contributed by atoms with Crippen molar-refractivity contribution in [2.45, 2.75) is 27.7 Å². The third-order valence-electron chi connectivity index (χ3n) is 5.64. The van der Waals surface area contributed by atoms with Crippen molar-refractivity contribution in [1.29, 1.82) is 0 Å². The molecule has 0 fully saturated rings. The number of nitrogens with zero attached hydrogens (tertiary/aromatic N) is 2. The van der Waals surface area contributed by atoms with E-state index in [-0.39, 0.29) is 11.5 Å². The fraction of sp³-hybridized carbons (Fsp3) is 0.200. The Morgan fingerprint density at radius 3 is 1.19 bits per heavy atom. The number of allylic oxidation sites excluding steroid dienone is 4. The first kappa shape index (κ1) is 29.9. The van der Waals surface area contributed by atoms with Crippen molar-refractivity contribution in [3.63, 3.8) is 0 Å². The first-order valence-corrected chi connectivity index (χ1v) is 12.9. The number of aliphatic hydroxyl groups excluding tert-OH is 2. The Labute approximate surface area is 232 Å². The van der Waals surface area contributed by atoms with Gasteiger partial charge in [0.05, 0.1) is 24.6 Å². The van der Waals surface area contributed by atoms with Crippen molar-refractivity contribution in [3.8, 4) is 0 Å². The summed E-state index contributed by atoms with van der Waals surface area (Å²) in [5.41, 5.74) is 5.13. The van der Waals surface area contributed by atoms with Crippen LogP contribution in [0.25, 0.3) is 0 Å². The van der Waals surface area contributed by atoms with Gasteiger partial charge in [-0.25, -0.2) is 0 Å². The second-order valence-corrected chi connectivity index (χ2v) is 9.12. The fourth-order valence-electron chi connectivity index (χ4n) is 4.10. The molecule has 0 atom stereocenters. The summed E-state index contributed by atoms with van der Waals surface area (Å²) < 4.78 is 6.16. The Kier molecular flexibility index (Phi) is 12.7. The monoisotopic (exact) mass is 530 g/mol. The van der Waals surface area contributed by atoms with Gasteiger partial charge in [0.1, 0.15) is 0 Å². The van der Waals surface area contributed by atoms with Crippen molar-refractivity contribution in [2.75, 3.05) is 13.1 Å². The molecule has 0 radical (unpaired) electrons. The molecule has 3 aromatic rings. The molecule has 5 nitrogen and oxygen atoms in total. The van der Waals surface area contributed by atoms with E-state index in [1.165, 1.54) is 16.4 Å². The van der Waals surface area contributed by atoms with Gasteiger partial charge < -0.3 is 10.2 Å². The van der Waals surface area contributed by atoms with E-state index in [0.717, 1.165) is 11.4 Å². The standard InChI is InChI=1S/C18H15BO.C12H20N2O2.Ti/c20-19(16-10-4-1-5-11-16,17-12-6-2-7-13-17)18-14-8-3-9-15-18;1-9(7-11(3)15)13-5-6-14-10(2)8-12(4)16;/h1-15H;7-8,15-16H,5-6H2,1-4H3;/q-2;;+2/b;11-7-,12-8-,13-9?,14-10?;. The van der Waals surface area contributed by atoms with Gasteiger partial charge in [0, 0.05) is 11.4 Å². The van der Waals surface area contributed by atoms with Crippen LogP contribution in [-0.2, 0) is 23.3 Å². The van der Waals surface area contributed by atoms with Crippen LogP contribution in [0.2, 0.25) is 0 Å². The van der Waals surface area contributed by atoms with E-state index in [1.54, 1.807) is 46.4 Å². The molecule has 0 unspecified atom stereocenters. The third-order valence-corrected chi connectivity index (χ3v) is 6.19. The number of hydrogen-bond acceptors (Lipinski definition) is 4. The summed E-state index contributed by atoms with van der Waals surface area (Å²) in [5.74, 6) is 0.500. The topological polar surface area (TPSA) is 76.5 Å². The average Bonchev–Trinajstić information content (AvgIpc) is 2.89. The SMILES string of the molecule is CC(/C=C(/C)O)=NCCN=C(C)/C=C(/C)O.[Ti]=[O+][B-](c1ccccc1)(c1ccccc1)c1ccccc1.